The summed E-state index contributed by atoms with van der Waals surface area (Å²) in [5, 5.41) is 4.94. The maximum Gasteiger partial charge on any atom is 0.129 e. The van der Waals surface area contributed by atoms with Crippen molar-refractivity contribution in [2.75, 3.05) is 5.32 Å². The van der Waals surface area contributed by atoms with Crippen molar-refractivity contribution < 1.29 is 9.13 Å². The normalized spacial score (nSPS) is 10.6. The van der Waals surface area contributed by atoms with E-state index in [4.69, 9.17) is 39.5 Å². The van der Waals surface area contributed by atoms with Gasteiger partial charge in [-0.05, 0) is 42.5 Å². The number of nitrogens with one attached hydrogen (secondary N) is 1. The van der Waals surface area contributed by atoms with E-state index in [9.17, 15) is 4.39 Å². The molecule has 0 amide bonds. The van der Waals surface area contributed by atoms with Crippen LogP contribution in [0.3, 0.4) is 0 Å². The molecule has 6 heteroatoms. The van der Waals surface area contributed by atoms with Crippen molar-refractivity contribution in [3.63, 3.8) is 0 Å². The summed E-state index contributed by atoms with van der Waals surface area (Å²) in [6, 6.07) is 17.0. The Morgan fingerprint density at radius 2 is 1.58 bits per heavy atom. The summed E-state index contributed by atoms with van der Waals surface area (Å²) in [4.78, 5) is 0. The van der Waals surface area contributed by atoms with Crippen molar-refractivity contribution in [1.82, 2.24) is 0 Å². The topological polar surface area (TPSA) is 21.3 Å². The van der Waals surface area contributed by atoms with Gasteiger partial charge in [0.2, 0.25) is 0 Å². The third-order valence-electron chi connectivity index (χ3n) is 3.76. The summed E-state index contributed by atoms with van der Waals surface area (Å²) in [5.74, 6) is 0.315. The highest BCUT2D eigenvalue weighted by molar-refractivity contribution is 6.35. The molecule has 0 aliphatic rings. The van der Waals surface area contributed by atoms with E-state index in [-0.39, 0.29) is 12.4 Å². The van der Waals surface area contributed by atoms with E-state index >= 15 is 0 Å². The zero-order valence-corrected chi connectivity index (χ0v) is 15.9. The van der Waals surface area contributed by atoms with Crippen LogP contribution < -0.4 is 10.1 Å². The first kappa shape index (κ1) is 18.8. The lowest BCUT2D eigenvalue weighted by Crippen LogP contribution is -2.05. The lowest BCUT2D eigenvalue weighted by atomic mass is 10.2. The molecule has 0 bridgehead atoms. The van der Waals surface area contributed by atoms with Gasteiger partial charge in [0.1, 0.15) is 18.2 Å². The summed E-state index contributed by atoms with van der Waals surface area (Å²) >= 11 is 18.3. The van der Waals surface area contributed by atoms with Crippen LogP contribution in [-0.4, -0.2) is 0 Å². The molecule has 0 heterocycles. The molecule has 2 nitrogen and oxygen atoms in total. The second-order valence-electron chi connectivity index (χ2n) is 5.61. The molecule has 3 aromatic rings. The average Bonchev–Trinajstić information content (AvgIpc) is 2.63. The molecule has 0 fully saturated rings. The van der Waals surface area contributed by atoms with Gasteiger partial charge in [0.15, 0.2) is 0 Å². The second-order valence-corrected chi connectivity index (χ2v) is 6.89. The molecule has 0 radical (unpaired) electrons. The zero-order valence-electron chi connectivity index (χ0n) is 13.6. The Kier molecular flexibility index (Phi) is 6.25. The molecule has 0 saturated heterocycles. The van der Waals surface area contributed by atoms with Gasteiger partial charge in [-0.1, -0.05) is 53.0 Å². The van der Waals surface area contributed by atoms with Crippen LogP contribution in [0, 0.1) is 5.82 Å². The third kappa shape index (κ3) is 4.82. The Morgan fingerprint density at radius 1 is 0.846 bits per heavy atom. The van der Waals surface area contributed by atoms with Crippen molar-refractivity contribution in [1.29, 1.82) is 0 Å². The lowest BCUT2D eigenvalue weighted by molar-refractivity contribution is 0.297. The van der Waals surface area contributed by atoms with Crippen LogP contribution in [-0.2, 0) is 13.2 Å². The number of rotatable bonds is 6. The molecular formula is C20H15Cl3FNO. The Morgan fingerprint density at radius 3 is 2.38 bits per heavy atom. The second kappa shape index (κ2) is 8.63. The molecule has 1 N–H and O–H groups in total. The van der Waals surface area contributed by atoms with E-state index in [1.807, 2.05) is 0 Å². The van der Waals surface area contributed by atoms with Crippen LogP contribution in [0.2, 0.25) is 15.1 Å². The van der Waals surface area contributed by atoms with Crippen LogP contribution >= 0.6 is 34.8 Å². The van der Waals surface area contributed by atoms with Crippen LogP contribution in [0.4, 0.5) is 10.1 Å². The number of hydrogen-bond acceptors (Lipinski definition) is 2. The highest BCUT2D eigenvalue weighted by atomic mass is 35.5. The average molecular weight is 411 g/mol. The van der Waals surface area contributed by atoms with Crippen LogP contribution in [0.25, 0.3) is 0 Å². The maximum atomic E-state index is 13.8. The molecule has 134 valence electrons. The van der Waals surface area contributed by atoms with Crippen molar-refractivity contribution in [2.45, 2.75) is 13.2 Å². The Balaban J connectivity index is 1.75. The number of ether oxygens (including phenoxy) is 1. The lowest BCUT2D eigenvalue weighted by Gasteiger charge is -2.14. The first-order valence-corrected chi connectivity index (χ1v) is 9.00. The van der Waals surface area contributed by atoms with Gasteiger partial charge in [-0.3, -0.25) is 0 Å². The summed E-state index contributed by atoms with van der Waals surface area (Å²) in [6.07, 6.45) is 0. The van der Waals surface area contributed by atoms with E-state index in [0.29, 0.717) is 38.6 Å². The Bertz CT molecular complexity index is 917. The molecule has 26 heavy (non-hydrogen) atoms. The van der Waals surface area contributed by atoms with Gasteiger partial charge in [-0.25, -0.2) is 4.39 Å². The minimum absolute atomic E-state index is 0.124. The number of benzene rings is 3. The van der Waals surface area contributed by atoms with Gasteiger partial charge >= 0.3 is 0 Å². The quantitative estimate of drug-likeness (QED) is 0.473. The minimum Gasteiger partial charge on any atom is -0.488 e. The van der Waals surface area contributed by atoms with Crippen molar-refractivity contribution in [2.24, 2.45) is 0 Å². The van der Waals surface area contributed by atoms with E-state index in [2.05, 4.69) is 5.32 Å². The molecular weight excluding hydrogens is 396 g/mol. The highest BCUT2D eigenvalue weighted by Crippen LogP contribution is 2.29. The van der Waals surface area contributed by atoms with Gasteiger partial charge in [0.05, 0.1) is 10.7 Å². The third-order valence-corrected chi connectivity index (χ3v) is 4.56. The SMILES string of the molecule is Fc1ccccc1COc1ccc(Cl)cc1CNc1cc(Cl)ccc1Cl. The molecule has 0 aromatic heterocycles. The molecule has 0 unspecified atom stereocenters. The molecule has 0 aliphatic heterocycles. The monoisotopic (exact) mass is 409 g/mol. The number of halogens is 4. The standard InChI is InChI=1S/C20H15Cl3FNO/c21-15-6-8-20(26-12-13-3-1-2-4-18(13)24)14(9-15)11-25-19-10-16(22)5-7-17(19)23/h1-10,25H,11-12H2. The van der Waals surface area contributed by atoms with Crippen molar-refractivity contribution in [3.05, 3.63) is 92.7 Å². The summed E-state index contributed by atoms with van der Waals surface area (Å²) < 4.78 is 19.6. The number of hydrogen-bond donors (Lipinski definition) is 1. The Hall–Kier alpha value is -1.94. The van der Waals surface area contributed by atoms with Gasteiger partial charge in [-0.15, -0.1) is 0 Å². The molecule has 0 saturated carbocycles. The first-order chi connectivity index (χ1) is 12.5. The molecule has 3 aromatic carbocycles. The smallest absolute Gasteiger partial charge is 0.129 e. The van der Waals surface area contributed by atoms with Crippen LogP contribution in [0.5, 0.6) is 5.75 Å². The Labute approximate surface area is 166 Å². The first-order valence-electron chi connectivity index (χ1n) is 7.86. The number of anilines is 1. The van der Waals surface area contributed by atoms with Crippen molar-refractivity contribution in [3.8, 4) is 5.75 Å². The molecule has 0 aliphatic carbocycles. The predicted octanol–water partition coefficient (Wildman–Crippen LogP) is 6.98. The van der Waals surface area contributed by atoms with Crippen LogP contribution in [0.1, 0.15) is 11.1 Å². The maximum absolute atomic E-state index is 13.8. The predicted molar refractivity (Wildman–Crippen MR) is 106 cm³/mol. The van der Waals surface area contributed by atoms with Crippen LogP contribution in [0.15, 0.2) is 60.7 Å². The fourth-order valence-corrected chi connectivity index (χ4v) is 2.97. The largest absolute Gasteiger partial charge is 0.488 e. The van der Waals surface area contributed by atoms with Gasteiger partial charge in [0.25, 0.3) is 0 Å². The van der Waals surface area contributed by atoms with E-state index in [1.54, 1.807) is 54.6 Å². The molecule has 0 spiro atoms. The molecule has 0 atom stereocenters. The van der Waals surface area contributed by atoms with Gasteiger partial charge in [-0.2, -0.15) is 0 Å². The minimum atomic E-state index is -0.299. The summed E-state index contributed by atoms with van der Waals surface area (Å²) in [7, 11) is 0. The van der Waals surface area contributed by atoms with E-state index < -0.39 is 0 Å². The summed E-state index contributed by atoms with van der Waals surface area (Å²) in [5.41, 5.74) is 2.02. The highest BCUT2D eigenvalue weighted by Gasteiger charge is 2.09. The fourth-order valence-electron chi connectivity index (χ4n) is 2.42. The summed E-state index contributed by atoms with van der Waals surface area (Å²) in [6.45, 7) is 0.548. The van der Waals surface area contributed by atoms with Gasteiger partial charge < -0.3 is 10.1 Å². The fraction of sp³-hybridized carbons (Fsp3) is 0.100. The van der Waals surface area contributed by atoms with Gasteiger partial charge in [0, 0.05) is 27.7 Å². The van der Waals surface area contributed by atoms with E-state index in [1.165, 1.54) is 6.07 Å². The zero-order chi connectivity index (χ0) is 18.5. The van der Waals surface area contributed by atoms with E-state index in [0.717, 1.165) is 5.56 Å². The van der Waals surface area contributed by atoms with Crippen molar-refractivity contribution >= 4 is 40.5 Å². The molecule has 3 rings (SSSR count).